The quantitative estimate of drug-likeness (QED) is 0.0826. The van der Waals surface area contributed by atoms with Crippen LogP contribution in [0, 0.1) is 0 Å². The van der Waals surface area contributed by atoms with Crippen LogP contribution in [0.3, 0.4) is 0 Å². The fourth-order valence-corrected chi connectivity index (χ4v) is 7.96. The SMILES string of the molecule is Nc1nc2c(c(=O)[nH]1)[n+](Cc1ccc(-c3ccccc3)cc1)cn2C1OC(COP(=O)(O)NP(=O)(O)n2cccc2)[C@H](O)[C@@H]1O. The lowest BCUT2D eigenvalue weighted by atomic mass is 10.0. The number of fused-ring (bicyclic) bond motifs is 1. The molecule has 5 aromatic rings. The van der Waals surface area contributed by atoms with Crippen LogP contribution < -0.4 is 20.7 Å². The number of anilines is 1. The van der Waals surface area contributed by atoms with Gasteiger partial charge in [0.05, 0.1) is 6.61 Å². The van der Waals surface area contributed by atoms with Gasteiger partial charge in [0.2, 0.25) is 18.5 Å². The maximum atomic E-state index is 13.0. The smallest absolute Gasteiger partial charge is 0.387 e. The zero-order valence-electron chi connectivity index (χ0n) is 23.4. The lowest BCUT2D eigenvalue weighted by Crippen LogP contribution is -2.37. The molecule has 6 rings (SSSR count). The van der Waals surface area contributed by atoms with Crippen LogP contribution in [-0.4, -0.2) is 63.8 Å². The lowest BCUT2D eigenvalue weighted by molar-refractivity contribution is -0.664. The number of H-pyrrole nitrogens is 1. The van der Waals surface area contributed by atoms with Crippen LogP contribution >= 0.6 is 15.4 Å². The molecule has 8 N–H and O–H groups in total. The van der Waals surface area contributed by atoms with Gasteiger partial charge < -0.3 is 30.5 Å². The number of benzene rings is 2. The van der Waals surface area contributed by atoms with Crippen molar-refractivity contribution in [1.29, 1.82) is 0 Å². The highest BCUT2D eigenvalue weighted by Gasteiger charge is 2.49. The molecule has 0 radical (unpaired) electrons. The molecule has 0 saturated carbocycles. The summed E-state index contributed by atoms with van der Waals surface area (Å²) in [6, 6.07) is 20.5. The Balaban J connectivity index is 1.23. The second kappa shape index (κ2) is 12.1. The third-order valence-electron chi connectivity index (χ3n) is 7.29. The number of aromatic amines is 1. The van der Waals surface area contributed by atoms with Gasteiger partial charge in [-0.05, 0) is 28.8 Å². The minimum Gasteiger partial charge on any atom is -0.387 e. The summed E-state index contributed by atoms with van der Waals surface area (Å²) < 4.78 is 39.5. The molecule has 2 aromatic carbocycles. The normalized spacial score (nSPS) is 22.8. The number of rotatable bonds is 10. The number of ether oxygens (including phenoxy) is 1. The van der Waals surface area contributed by atoms with E-state index in [1.807, 2.05) is 54.6 Å². The van der Waals surface area contributed by atoms with Crippen molar-refractivity contribution in [2.45, 2.75) is 31.1 Å². The summed E-state index contributed by atoms with van der Waals surface area (Å²) in [6.45, 7) is -0.516. The maximum Gasteiger partial charge on any atom is 0.412 e. The first-order chi connectivity index (χ1) is 21.4. The van der Waals surface area contributed by atoms with Crippen molar-refractivity contribution >= 4 is 32.5 Å². The Morgan fingerprint density at radius 2 is 1.67 bits per heavy atom. The third kappa shape index (κ3) is 6.42. The van der Waals surface area contributed by atoms with Gasteiger partial charge in [0, 0.05) is 12.4 Å². The van der Waals surface area contributed by atoms with E-state index in [1.165, 1.54) is 35.4 Å². The topological polar surface area (TPSA) is 231 Å². The van der Waals surface area contributed by atoms with Gasteiger partial charge in [-0.3, -0.25) is 18.6 Å². The first kappa shape index (κ1) is 31.0. The number of aliphatic hydroxyl groups excluding tert-OH is 2. The van der Waals surface area contributed by atoms with E-state index >= 15 is 0 Å². The average molecular weight is 659 g/mol. The second-order valence-corrected chi connectivity index (χ2v) is 14.1. The van der Waals surface area contributed by atoms with Crippen molar-refractivity contribution < 1.29 is 43.0 Å². The van der Waals surface area contributed by atoms with Gasteiger partial charge in [-0.15, -0.1) is 4.86 Å². The fraction of sp³-hybridized carbons (Fsp3) is 0.222. The van der Waals surface area contributed by atoms with E-state index in [4.69, 9.17) is 15.0 Å². The van der Waals surface area contributed by atoms with Gasteiger partial charge in [-0.25, -0.2) is 13.7 Å². The van der Waals surface area contributed by atoms with Crippen LogP contribution in [0.5, 0.6) is 0 Å². The van der Waals surface area contributed by atoms with Gasteiger partial charge >= 0.3 is 21.0 Å². The first-order valence-corrected chi connectivity index (χ1v) is 16.8. The fourth-order valence-electron chi connectivity index (χ4n) is 5.13. The predicted molar refractivity (Wildman–Crippen MR) is 160 cm³/mol. The highest BCUT2D eigenvalue weighted by atomic mass is 31.3. The molecule has 0 bridgehead atoms. The molecular weight excluding hydrogens is 628 g/mol. The maximum absolute atomic E-state index is 13.0. The van der Waals surface area contributed by atoms with E-state index < -0.39 is 52.1 Å². The van der Waals surface area contributed by atoms with E-state index in [2.05, 4.69) is 9.97 Å². The van der Waals surface area contributed by atoms with Crippen molar-refractivity contribution in [3.63, 3.8) is 0 Å². The molecule has 0 spiro atoms. The van der Waals surface area contributed by atoms with E-state index in [0.29, 0.717) is 0 Å². The highest BCUT2D eigenvalue weighted by molar-refractivity contribution is 7.68. The van der Waals surface area contributed by atoms with Gasteiger partial charge in [0.15, 0.2) is 0 Å². The van der Waals surface area contributed by atoms with Gasteiger partial charge in [-0.2, -0.15) is 9.55 Å². The minimum atomic E-state index is -4.90. The summed E-state index contributed by atoms with van der Waals surface area (Å²) >= 11 is 0. The molecule has 6 atom stereocenters. The van der Waals surface area contributed by atoms with Crippen molar-refractivity contribution in [2.24, 2.45) is 0 Å². The largest absolute Gasteiger partial charge is 0.412 e. The van der Waals surface area contributed by atoms with E-state index in [-0.39, 0.29) is 23.7 Å². The Kier molecular flexibility index (Phi) is 8.35. The van der Waals surface area contributed by atoms with E-state index in [0.717, 1.165) is 21.0 Å². The lowest BCUT2D eigenvalue weighted by Gasteiger charge is -2.20. The summed E-state index contributed by atoms with van der Waals surface area (Å²) in [5, 5.41) is 21.6. The standard InChI is InChI=1S/C27H29N7O9P2/c28-27-29-24-21(25(37)30-27)32(14-17-8-10-19(11-9-17)18-6-2-1-3-7-18)16-34(24)26-23(36)22(35)20(43-26)15-42-45(40,41)31-44(38,39)33-12-4-5-13-33/h1-13,16,20,22-23,26,35-36H,14-15H2,(H5-,28,29,30,31,37,38,39,40,41)/p+1/t20?,22-,23-,26?/m0/s1. The molecule has 1 aliphatic rings. The third-order valence-corrected chi connectivity index (χ3v) is 10.7. The number of nitrogens with two attached hydrogens (primary N) is 1. The van der Waals surface area contributed by atoms with Crippen LogP contribution in [-0.2, 0) is 24.9 Å². The van der Waals surface area contributed by atoms with Gasteiger partial charge in [0.1, 0.15) is 24.9 Å². The molecule has 4 unspecified atom stereocenters. The van der Waals surface area contributed by atoms with Crippen molar-refractivity contribution in [1.82, 2.24) is 23.7 Å². The van der Waals surface area contributed by atoms with Crippen LogP contribution in [0.2, 0.25) is 0 Å². The number of aliphatic hydroxyl groups is 2. The molecule has 0 aliphatic carbocycles. The van der Waals surface area contributed by atoms with Crippen LogP contribution in [0.1, 0.15) is 11.8 Å². The average Bonchev–Trinajstić information content (AvgIpc) is 3.73. The van der Waals surface area contributed by atoms with Gasteiger partial charge in [-0.1, -0.05) is 54.6 Å². The molecule has 0 amide bonds. The van der Waals surface area contributed by atoms with Crippen LogP contribution in [0.25, 0.3) is 22.3 Å². The Labute approximate surface area is 255 Å². The molecule has 1 fully saturated rings. The zero-order chi connectivity index (χ0) is 31.9. The highest BCUT2D eigenvalue weighted by Crippen LogP contribution is 2.52. The number of nitrogen functional groups attached to an aromatic ring is 1. The van der Waals surface area contributed by atoms with Crippen LogP contribution in [0.15, 0.2) is 90.2 Å². The molecule has 4 heterocycles. The summed E-state index contributed by atoms with van der Waals surface area (Å²) in [5.74, 6) is -0.192. The van der Waals surface area contributed by atoms with Crippen molar-refractivity contribution in [3.05, 3.63) is 101 Å². The molecule has 1 aliphatic heterocycles. The number of nitrogens with zero attached hydrogens (tertiary/aromatic N) is 4. The number of nitrogens with one attached hydrogen (secondary N) is 2. The number of hydrogen-bond acceptors (Lipinski definition) is 9. The molecule has 3 aromatic heterocycles. The predicted octanol–water partition coefficient (Wildman–Crippen LogP) is 1.09. The van der Waals surface area contributed by atoms with Crippen molar-refractivity contribution in [2.75, 3.05) is 12.3 Å². The summed E-state index contributed by atoms with van der Waals surface area (Å²) in [6.07, 6.45) is -1.95. The van der Waals surface area contributed by atoms with Gasteiger partial charge in [0.25, 0.3) is 11.2 Å². The molecule has 16 nitrogen and oxygen atoms in total. The molecule has 236 valence electrons. The van der Waals surface area contributed by atoms with E-state index in [1.54, 1.807) is 9.42 Å². The van der Waals surface area contributed by atoms with E-state index in [9.17, 15) is 33.9 Å². The monoisotopic (exact) mass is 658 g/mol. The Hall–Kier alpha value is -3.95. The minimum absolute atomic E-state index is 0.0532. The summed E-state index contributed by atoms with van der Waals surface area (Å²) in [4.78, 5) is 41.7. The van der Waals surface area contributed by atoms with Crippen molar-refractivity contribution in [3.8, 4) is 11.1 Å². The molecular formula is C27H30N7O9P2+. The Morgan fingerprint density at radius 1 is 1.00 bits per heavy atom. The van der Waals surface area contributed by atoms with Crippen LogP contribution in [0.4, 0.5) is 5.95 Å². The molecule has 1 saturated heterocycles. The number of aromatic nitrogens is 5. The number of imidazole rings is 1. The molecule has 45 heavy (non-hydrogen) atoms. The molecule has 18 heteroatoms. The first-order valence-electron chi connectivity index (χ1n) is 13.6. The second-order valence-electron chi connectivity index (χ2n) is 10.4. The Morgan fingerprint density at radius 3 is 2.36 bits per heavy atom. The Bertz CT molecular complexity index is 1970. The number of hydrogen-bond donors (Lipinski definition) is 7. The zero-order valence-corrected chi connectivity index (χ0v) is 25.2. The summed E-state index contributed by atoms with van der Waals surface area (Å²) in [5.41, 5.74) is 8.36. The summed E-state index contributed by atoms with van der Waals surface area (Å²) in [7, 11) is -9.43.